The van der Waals surface area contributed by atoms with Crippen LogP contribution in [0.25, 0.3) is 22.3 Å². The van der Waals surface area contributed by atoms with Crippen LogP contribution in [0.3, 0.4) is 0 Å². The average molecular weight is 519 g/mol. The summed E-state index contributed by atoms with van der Waals surface area (Å²) in [5, 5.41) is 6.18. The maximum absolute atomic E-state index is 6.29. The lowest BCUT2D eigenvalue weighted by atomic mass is 9.95. The van der Waals surface area contributed by atoms with Gasteiger partial charge >= 0.3 is 0 Å². The van der Waals surface area contributed by atoms with E-state index in [1.807, 2.05) is 29.8 Å². The standard InChI is InChI=1S/C25H35ClN4O4Si/c1-6-34-25(7-8-32-16-25)22-12-18(15-31-2)11-20(28-22)24-19-13-23(26)27-14-21(19)30(29-24)17-33-9-10-35(3,4)5/h11-14H,6-10,15-17H2,1-5H3. The van der Waals surface area contributed by atoms with Crippen molar-refractivity contribution >= 4 is 30.6 Å². The second-order valence-corrected chi connectivity index (χ2v) is 16.1. The van der Waals surface area contributed by atoms with Crippen molar-refractivity contribution in [1.29, 1.82) is 0 Å². The Bertz CT molecular complexity index is 1160. The van der Waals surface area contributed by atoms with E-state index in [0.717, 1.165) is 46.0 Å². The molecule has 10 heteroatoms. The van der Waals surface area contributed by atoms with Gasteiger partial charge < -0.3 is 18.9 Å². The largest absolute Gasteiger partial charge is 0.380 e. The Hall–Kier alpha value is -1.88. The molecule has 3 aromatic heterocycles. The lowest BCUT2D eigenvalue weighted by Crippen LogP contribution is -2.31. The van der Waals surface area contributed by atoms with E-state index in [9.17, 15) is 0 Å². The van der Waals surface area contributed by atoms with Crippen LogP contribution < -0.4 is 0 Å². The molecule has 0 N–H and O–H groups in total. The van der Waals surface area contributed by atoms with Gasteiger partial charge in [-0.3, -0.25) is 0 Å². The summed E-state index contributed by atoms with van der Waals surface area (Å²) in [7, 11) is 0.505. The smallest absolute Gasteiger partial charge is 0.140 e. The minimum absolute atomic E-state index is 0.339. The first-order valence-corrected chi connectivity index (χ1v) is 16.2. The fourth-order valence-electron chi connectivity index (χ4n) is 4.27. The molecule has 3 aromatic rings. The molecule has 0 aliphatic carbocycles. The molecule has 1 aliphatic heterocycles. The minimum Gasteiger partial charge on any atom is -0.380 e. The molecule has 35 heavy (non-hydrogen) atoms. The number of hydrogen-bond donors (Lipinski definition) is 0. The molecule has 0 bridgehead atoms. The van der Waals surface area contributed by atoms with Crippen LogP contribution in [0.1, 0.15) is 24.6 Å². The Morgan fingerprint density at radius 1 is 1.23 bits per heavy atom. The van der Waals surface area contributed by atoms with E-state index in [-0.39, 0.29) is 0 Å². The van der Waals surface area contributed by atoms with Gasteiger partial charge in [0.05, 0.1) is 36.3 Å². The van der Waals surface area contributed by atoms with Crippen LogP contribution in [0.2, 0.25) is 30.8 Å². The lowest BCUT2D eigenvalue weighted by Gasteiger charge is -2.27. The highest BCUT2D eigenvalue weighted by Crippen LogP contribution is 2.36. The number of nitrogens with zero attached hydrogens (tertiary/aromatic N) is 4. The number of rotatable bonds is 11. The maximum atomic E-state index is 6.29. The van der Waals surface area contributed by atoms with Gasteiger partial charge in [-0.15, -0.1) is 0 Å². The summed E-state index contributed by atoms with van der Waals surface area (Å²) in [5.74, 6) is 0. The zero-order chi connectivity index (χ0) is 25.1. The van der Waals surface area contributed by atoms with Gasteiger partial charge in [0.1, 0.15) is 23.2 Å². The molecular formula is C25H35ClN4O4Si. The summed E-state index contributed by atoms with van der Waals surface area (Å²) >= 11 is 6.29. The van der Waals surface area contributed by atoms with Gasteiger partial charge in [0, 0.05) is 46.8 Å². The predicted molar refractivity (Wildman–Crippen MR) is 139 cm³/mol. The second kappa shape index (κ2) is 11.0. The normalized spacial score (nSPS) is 18.6. The number of hydrogen-bond acceptors (Lipinski definition) is 7. The molecule has 190 valence electrons. The monoisotopic (exact) mass is 518 g/mol. The summed E-state index contributed by atoms with van der Waals surface area (Å²) in [4.78, 5) is 9.33. The molecule has 0 radical (unpaired) electrons. The van der Waals surface area contributed by atoms with Crippen molar-refractivity contribution in [2.24, 2.45) is 0 Å². The molecule has 0 amide bonds. The number of methoxy groups -OCH3 is 1. The Morgan fingerprint density at radius 3 is 2.74 bits per heavy atom. The van der Waals surface area contributed by atoms with Crippen LogP contribution in [0.5, 0.6) is 0 Å². The molecule has 1 unspecified atom stereocenters. The molecule has 1 saturated heterocycles. The summed E-state index contributed by atoms with van der Waals surface area (Å²) < 4.78 is 25.2. The van der Waals surface area contributed by atoms with Gasteiger partial charge in [0.2, 0.25) is 0 Å². The maximum Gasteiger partial charge on any atom is 0.140 e. The predicted octanol–water partition coefficient (Wildman–Crippen LogP) is 5.26. The van der Waals surface area contributed by atoms with Crippen LogP contribution in [0, 0.1) is 0 Å². The third kappa shape index (κ3) is 6.10. The molecule has 4 heterocycles. The number of fused-ring (bicyclic) bond motifs is 1. The Morgan fingerprint density at radius 2 is 2.06 bits per heavy atom. The van der Waals surface area contributed by atoms with E-state index in [4.69, 9.17) is 40.6 Å². The number of ether oxygens (including phenoxy) is 4. The zero-order valence-corrected chi connectivity index (χ0v) is 23.0. The van der Waals surface area contributed by atoms with Crippen molar-refractivity contribution in [3.63, 3.8) is 0 Å². The molecule has 4 rings (SSSR count). The van der Waals surface area contributed by atoms with Crippen molar-refractivity contribution < 1.29 is 18.9 Å². The van der Waals surface area contributed by atoms with E-state index < -0.39 is 13.7 Å². The van der Waals surface area contributed by atoms with Crippen LogP contribution in [-0.2, 0) is 37.9 Å². The van der Waals surface area contributed by atoms with Crippen molar-refractivity contribution in [1.82, 2.24) is 19.7 Å². The van der Waals surface area contributed by atoms with Crippen LogP contribution in [-0.4, -0.2) is 61.4 Å². The molecule has 8 nitrogen and oxygen atoms in total. The van der Waals surface area contributed by atoms with Crippen LogP contribution >= 0.6 is 11.6 Å². The van der Waals surface area contributed by atoms with E-state index in [1.165, 1.54) is 0 Å². The first-order chi connectivity index (χ1) is 16.7. The van der Waals surface area contributed by atoms with E-state index in [2.05, 4.69) is 24.6 Å². The van der Waals surface area contributed by atoms with Gasteiger partial charge in [-0.1, -0.05) is 31.2 Å². The Balaban J connectivity index is 1.76. The van der Waals surface area contributed by atoms with Crippen molar-refractivity contribution in [3.8, 4) is 11.4 Å². The Kier molecular flexibility index (Phi) is 8.25. The fraction of sp³-hybridized carbons (Fsp3) is 0.560. The third-order valence-corrected chi connectivity index (χ3v) is 8.04. The number of halogens is 1. The molecule has 1 fully saturated rings. The molecule has 1 aliphatic rings. The van der Waals surface area contributed by atoms with E-state index in [1.54, 1.807) is 13.3 Å². The van der Waals surface area contributed by atoms with Gasteiger partial charge in [0.15, 0.2) is 0 Å². The number of pyridine rings is 2. The summed E-state index contributed by atoms with van der Waals surface area (Å²) in [6.45, 7) is 12.2. The van der Waals surface area contributed by atoms with Gasteiger partial charge in [-0.2, -0.15) is 5.10 Å². The van der Waals surface area contributed by atoms with Crippen molar-refractivity contribution in [3.05, 3.63) is 40.8 Å². The quantitative estimate of drug-likeness (QED) is 0.194. The molecule has 0 spiro atoms. The summed E-state index contributed by atoms with van der Waals surface area (Å²) in [6, 6.07) is 6.98. The lowest BCUT2D eigenvalue weighted by molar-refractivity contribution is -0.0513. The molecule has 1 atom stereocenters. The first-order valence-electron chi connectivity index (χ1n) is 12.1. The SMILES string of the molecule is CCOC1(c2cc(COC)cc(-c3nn(COCC[Si](C)(C)C)c4cnc(Cl)cc34)n2)CCOC1. The highest BCUT2D eigenvalue weighted by Gasteiger charge is 2.39. The van der Waals surface area contributed by atoms with Gasteiger partial charge in [0.25, 0.3) is 0 Å². The minimum atomic E-state index is -1.18. The summed E-state index contributed by atoms with van der Waals surface area (Å²) in [5.41, 5.74) is 3.55. The van der Waals surface area contributed by atoms with Crippen LogP contribution in [0.15, 0.2) is 24.4 Å². The number of aromatic nitrogens is 4. The van der Waals surface area contributed by atoms with E-state index in [0.29, 0.717) is 44.9 Å². The van der Waals surface area contributed by atoms with E-state index >= 15 is 0 Å². The van der Waals surface area contributed by atoms with Crippen LogP contribution in [0.4, 0.5) is 0 Å². The summed E-state index contributed by atoms with van der Waals surface area (Å²) in [6.07, 6.45) is 2.49. The van der Waals surface area contributed by atoms with Crippen molar-refractivity contribution in [2.45, 2.75) is 58.0 Å². The highest BCUT2D eigenvalue weighted by molar-refractivity contribution is 6.76. The second-order valence-electron chi connectivity index (χ2n) is 10.1. The fourth-order valence-corrected chi connectivity index (χ4v) is 5.18. The van der Waals surface area contributed by atoms with Gasteiger partial charge in [-0.25, -0.2) is 14.6 Å². The third-order valence-electron chi connectivity index (χ3n) is 6.13. The average Bonchev–Trinajstić information content (AvgIpc) is 3.42. The zero-order valence-electron chi connectivity index (χ0n) is 21.3. The van der Waals surface area contributed by atoms with Gasteiger partial charge in [-0.05, 0) is 36.7 Å². The van der Waals surface area contributed by atoms with Crippen molar-refractivity contribution in [2.75, 3.05) is 33.5 Å². The molecular weight excluding hydrogens is 484 g/mol. The molecule has 0 saturated carbocycles. The first kappa shape index (κ1) is 26.2. The Labute approximate surface area is 212 Å². The highest BCUT2D eigenvalue weighted by atomic mass is 35.5. The topological polar surface area (TPSA) is 80.5 Å². The molecule has 0 aromatic carbocycles.